The number of ether oxygens (including phenoxy) is 3. The molecule has 1 aromatic heterocycles. The van der Waals surface area contributed by atoms with E-state index in [0.717, 1.165) is 20.4 Å². The Morgan fingerprint density at radius 1 is 0.964 bits per heavy atom. The molecule has 0 fully saturated rings. The van der Waals surface area contributed by atoms with E-state index < -0.39 is 6.67 Å². The number of halogens is 2. The Balaban J connectivity index is 1.80. The lowest BCUT2D eigenvalue weighted by atomic mass is 10.2. The number of rotatable bonds is 10. The van der Waals surface area contributed by atoms with E-state index in [9.17, 15) is 4.39 Å². The van der Waals surface area contributed by atoms with Crippen molar-refractivity contribution in [3.8, 4) is 17.7 Å². The Morgan fingerprint density at radius 3 is 2.25 bits per heavy atom. The molecule has 0 saturated carbocycles. The van der Waals surface area contributed by atoms with Gasteiger partial charge in [-0.05, 0) is 52.9 Å². The largest absolute Gasteiger partial charge is 0.474 e. The van der Waals surface area contributed by atoms with Gasteiger partial charge in [0.15, 0.2) is 0 Å². The van der Waals surface area contributed by atoms with Gasteiger partial charge in [0.2, 0.25) is 5.88 Å². The molecular formula is C21H24FIN2O3. The fraction of sp³-hybridized carbons (Fsp3) is 0.381. The molecule has 0 spiro atoms. The minimum absolute atomic E-state index is 0.110. The van der Waals surface area contributed by atoms with Crippen molar-refractivity contribution in [2.24, 2.45) is 0 Å². The quantitative estimate of drug-likeness (QED) is 0.285. The van der Waals surface area contributed by atoms with Crippen molar-refractivity contribution >= 4 is 28.3 Å². The molecule has 0 bridgehead atoms. The third kappa shape index (κ3) is 8.00. The van der Waals surface area contributed by atoms with Crippen LogP contribution in [0.3, 0.4) is 0 Å². The summed E-state index contributed by atoms with van der Waals surface area (Å²) < 4.78 is 28.7. The Kier molecular flexibility index (Phi) is 10.0. The highest BCUT2D eigenvalue weighted by molar-refractivity contribution is 14.1. The highest BCUT2D eigenvalue weighted by Crippen LogP contribution is 2.18. The number of aromatic nitrogens is 1. The third-order valence-corrected chi connectivity index (χ3v) is 4.38. The first-order chi connectivity index (χ1) is 13.6. The van der Waals surface area contributed by atoms with Crippen molar-refractivity contribution in [1.29, 1.82) is 0 Å². The third-order valence-electron chi connectivity index (χ3n) is 3.60. The van der Waals surface area contributed by atoms with Gasteiger partial charge in [-0.15, -0.1) is 0 Å². The fourth-order valence-corrected chi connectivity index (χ4v) is 2.79. The second kappa shape index (κ2) is 12.5. The molecule has 5 nitrogen and oxygen atoms in total. The first kappa shape index (κ1) is 22.4. The van der Waals surface area contributed by atoms with Crippen molar-refractivity contribution in [2.75, 3.05) is 58.7 Å². The van der Waals surface area contributed by atoms with Crippen LogP contribution >= 0.6 is 22.6 Å². The van der Waals surface area contributed by atoms with E-state index in [4.69, 9.17) is 14.2 Å². The number of anilines is 1. The summed E-state index contributed by atoms with van der Waals surface area (Å²) in [5.74, 6) is 6.83. The molecule has 0 N–H and O–H groups in total. The second-order valence-electron chi connectivity index (χ2n) is 5.96. The van der Waals surface area contributed by atoms with Gasteiger partial charge < -0.3 is 19.1 Å². The van der Waals surface area contributed by atoms with Gasteiger partial charge in [-0.25, -0.2) is 9.37 Å². The molecule has 150 valence electrons. The summed E-state index contributed by atoms with van der Waals surface area (Å²) in [7, 11) is 4.02. The average molecular weight is 498 g/mol. The molecular weight excluding hydrogens is 474 g/mol. The van der Waals surface area contributed by atoms with Crippen LogP contribution < -0.4 is 9.64 Å². The zero-order chi connectivity index (χ0) is 20.2. The van der Waals surface area contributed by atoms with Gasteiger partial charge in [0, 0.05) is 37.1 Å². The van der Waals surface area contributed by atoms with Gasteiger partial charge in [-0.1, -0.05) is 11.8 Å². The standard InChI is InChI=1S/C21H24FIN2O3/c1-25(2)19-7-5-17(6-8-19)3-4-18-15-20(23)21(24-16-18)28-14-13-27-12-11-26-10-9-22/h5-8,15-16H,9-14H2,1-2H3. The second-order valence-corrected chi connectivity index (χ2v) is 7.13. The predicted octanol–water partition coefficient (Wildman–Crippen LogP) is 3.53. The summed E-state index contributed by atoms with van der Waals surface area (Å²) in [5.41, 5.74) is 2.92. The molecule has 2 rings (SSSR count). The van der Waals surface area contributed by atoms with Crippen molar-refractivity contribution < 1.29 is 18.6 Å². The van der Waals surface area contributed by atoms with Gasteiger partial charge in [0.25, 0.3) is 0 Å². The molecule has 7 heteroatoms. The van der Waals surface area contributed by atoms with Crippen LogP contribution in [0.25, 0.3) is 0 Å². The summed E-state index contributed by atoms with van der Waals surface area (Å²) >= 11 is 2.18. The van der Waals surface area contributed by atoms with Crippen LogP contribution in [0.15, 0.2) is 36.5 Å². The highest BCUT2D eigenvalue weighted by atomic mass is 127. The van der Waals surface area contributed by atoms with E-state index in [-0.39, 0.29) is 6.61 Å². The molecule has 0 radical (unpaired) electrons. The Hall–Kier alpha value is -1.89. The van der Waals surface area contributed by atoms with Crippen LogP contribution in [0, 0.1) is 15.4 Å². The van der Waals surface area contributed by atoms with Gasteiger partial charge in [0.1, 0.15) is 13.3 Å². The highest BCUT2D eigenvalue weighted by Gasteiger charge is 2.04. The lowest BCUT2D eigenvalue weighted by molar-refractivity contribution is 0.0319. The number of nitrogens with zero attached hydrogens (tertiary/aromatic N) is 2. The van der Waals surface area contributed by atoms with E-state index in [0.29, 0.717) is 32.3 Å². The van der Waals surface area contributed by atoms with Crippen LogP contribution in [0.2, 0.25) is 0 Å². The summed E-state index contributed by atoms with van der Waals surface area (Å²) in [5, 5.41) is 0. The maximum absolute atomic E-state index is 11.8. The van der Waals surface area contributed by atoms with E-state index >= 15 is 0 Å². The summed E-state index contributed by atoms with van der Waals surface area (Å²) in [4.78, 5) is 6.37. The molecule has 0 aliphatic carbocycles. The van der Waals surface area contributed by atoms with E-state index in [1.807, 2.05) is 49.3 Å². The monoisotopic (exact) mass is 498 g/mol. The topological polar surface area (TPSA) is 43.8 Å². The number of pyridine rings is 1. The normalized spacial score (nSPS) is 10.3. The van der Waals surface area contributed by atoms with Crippen LogP contribution in [-0.4, -0.2) is 58.8 Å². The lowest BCUT2D eigenvalue weighted by Gasteiger charge is -2.11. The van der Waals surface area contributed by atoms with E-state index in [1.165, 1.54) is 0 Å². The first-order valence-corrected chi connectivity index (χ1v) is 9.97. The molecule has 0 atom stereocenters. The van der Waals surface area contributed by atoms with Crippen molar-refractivity contribution in [3.05, 3.63) is 51.2 Å². The van der Waals surface area contributed by atoms with Gasteiger partial charge in [-0.3, -0.25) is 0 Å². The summed E-state index contributed by atoms with van der Waals surface area (Å²) in [6.45, 7) is 1.23. The van der Waals surface area contributed by atoms with Gasteiger partial charge in [-0.2, -0.15) is 0 Å². The van der Waals surface area contributed by atoms with Crippen molar-refractivity contribution in [3.63, 3.8) is 0 Å². The molecule has 1 heterocycles. The number of hydrogen-bond acceptors (Lipinski definition) is 5. The number of benzene rings is 1. The Morgan fingerprint density at radius 2 is 1.61 bits per heavy atom. The average Bonchev–Trinajstić information content (AvgIpc) is 2.70. The summed E-state index contributed by atoms with van der Waals surface area (Å²) in [6, 6.07) is 10.0. The molecule has 0 aliphatic heterocycles. The SMILES string of the molecule is CN(C)c1ccc(C#Cc2cnc(OCCOCCOCCF)c(I)c2)cc1. The molecule has 0 amide bonds. The molecule has 0 aliphatic rings. The lowest BCUT2D eigenvalue weighted by Crippen LogP contribution is -2.12. The maximum Gasteiger partial charge on any atom is 0.227 e. The van der Waals surface area contributed by atoms with Crippen molar-refractivity contribution in [2.45, 2.75) is 0 Å². The zero-order valence-corrected chi connectivity index (χ0v) is 18.2. The van der Waals surface area contributed by atoms with E-state index in [1.54, 1.807) is 6.20 Å². The van der Waals surface area contributed by atoms with Gasteiger partial charge in [0.05, 0.1) is 30.0 Å². The predicted molar refractivity (Wildman–Crippen MR) is 117 cm³/mol. The van der Waals surface area contributed by atoms with Gasteiger partial charge >= 0.3 is 0 Å². The first-order valence-electron chi connectivity index (χ1n) is 8.89. The Bertz CT molecular complexity index is 788. The van der Waals surface area contributed by atoms with Crippen LogP contribution in [0.4, 0.5) is 10.1 Å². The van der Waals surface area contributed by atoms with E-state index in [2.05, 4.69) is 39.4 Å². The number of alkyl halides is 1. The van der Waals surface area contributed by atoms with Crippen LogP contribution in [0.1, 0.15) is 11.1 Å². The molecule has 2 aromatic rings. The van der Waals surface area contributed by atoms with Crippen molar-refractivity contribution in [1.82, 2.24) is 4.98 Å². The minimum Gasteiger partial charge on any atom is -0.474 e. The molecule has 1 aromatic carbocycles. The fourth-order valence-electron chi connectivity index (χ4n) is 2.16. The summed E-state index contributed by atoms with van der Waals surface area (Å²) in [6.07, 6.45) is 1.70. The van der Waals surface area contributed by atoms with Crippen LogP contribution in [-0.2, 0) is 9.47 Å². The smallest absolute Gasteiger partial charge is 0.227 e. The van der Waals surface area contributed by atoms with Crippen LogP contribution in [0.5, 0.6) is 5.88 Å². The molecule has 0 unspecified atom stereocenters. The maximum atomic E-state index is 11.8. The minimum atomic E-state index is -0.476. The molecule has 28 heavy (non-hydrogen) atoms. The number of hydrogen-bond donors (Lipinski definition) is 0. The Labute approximate surface area is 179 Å². The molecule has 0 saturated heterocycles. The zero-order valence-electron chi connectivity index (χ0n) is 16.1.